The van der Waals surface area contributed by atoms with Crippen LogP contribution in [0.1, 0.15) is 24.8 Å². The largest absolute Gasteiger partial charge is 0.370 e. The summed E-state index contributed by atoms with van der Waals surface area (Å²) in [6.07, 6.45) is 3.89. The molecule has 0 radical (unpaired) electrons. The molecule has 0 spiro atoms. The van der Waals surface area contributed by atoms with Crippen LogP contribution < -0.4 is 11.1 Å². The minimum atomic E-state index is -0.259. The second-order valence-corrected chi connectivity index (χ2v) is 5.47. The van der Waals surface area contributed by atoms with Gasteiger partial charge in [0.1, 0.15) is 5.82 Å². The number of benzene rings is 1. The number of nitrogens with two attached hydrogens (primary N) is 1. The van der Waals surface area contributed by atoms with Crippen molar-refractivity contribution in [3.8, 4) is 0 Å². The molecule has 3 N–H and O–H groups in total. The predicted molar refractivity (Wildman–Crippen MR) is 90.2 cm³/mol. The van der Waals surface area contributed by atoms with Crippen molar-refractivity contribution in [3.63, 3.8) is 0 Å². The summed E-state index contributed by atoms with van der Waals surface area (Å²) in [5.41, 5.74) is 6.70. The highest BCUT2D eigenvalue weighted by atomic mass is 127. The molecule has 0 unspecified atom stereocenters. The maximum Gasteiger partial charge on any atom is 0.188 e. The normalized spacial score (nSPS) is 15.6. The molecule has 1 aromatic rings. The van der Waals surface area contributed by atoms with E-state index in [1.165, 1.54) is 31.4 Å². The number of hydrogen-bond donors (Lipinski definition) is 2. The van der Waals surface area contributed by atoms with Crippen LogP contribution in [0.3, 0.4) is 0 Å². The summed E-state index contributed by atoms with van der Waals surface area (Å²) in [6, 6.07) is 4.57. The zero-order chi connectivity index (χ0) is 13.0. The summed E-state index contributed by atoms with van der Waals surface area (Å²) >= 11 is 3.31. The highest BCUT2D eigenvalue weighted by molar-refractivity contribution is 14.0. The van der Waals surface area contributed by atoms with Gasteiger partial charge in [0.25, 0.3) is 0 Å². The summed E-state index contributed by atoms with van der Waals surface area (Å²) in [7, 11) is 0. The number of nitrogens with zero attached hydrogens (tertiary/aromatic N) is 1. The highest BCUT2D eigenvalue weighted by Crippen LogP contribution is 2.25. The van der Waals surface area contributed by atoms with Gasteiger partial charge in [0.15, 0.2) is 5.96 Å². The van der Waals surface area contributed by atoms with Crippen LogP contribution >= 0.6 is 39.9 Å². The van der Waals surface area contributed by atoms with Crippen molar-refractivity contribution in [3.05, 3.63) is 34.1 Å². The fourth-order valence-corrected chi connectivity index (χ4v) is 2.30. The average Bonchev–Trinajstić information content (AvgIpc) is 2.25. The first kappa shape index (κ1) is 16.7. The van der Waals surface area contributed by atoms with E-state index < -0.39 is 0 Å². The third-order valence-corrected chi connectivity index (χ3v) is 3.97. The second-order valence-electron chi connectivity index (χ2n) is 4.62. The highest BCUT2D eigenvalue weighted by Gasteiger charge is 2.16. The minimum Gasteiger partial charge on any atom is -0.370 e. The third-order valence-electron chi connectivity index (χ3n) is 3.23. The Hall–Kier alpha value is -0.370. The van der Waals surface area contributed by atoms with Crippen molar-refractivity contribution in [1.82, 2.24) is 5.32 Å². The lowest BCUT2D eigenvalue weighted by Gasteiger charge is -2.25. The molecule has 0 aliphatic heterocycles. The Labute approximate surface area is 138 Å². The maximum atomic E-state index is 12.9. The van der Waals surface area contributed by atoms with Crippen molar-refractivity contribution in [2.45, 2.75) is 25.8 Å². The van der Waals surface area contributed by atoms with Gasteiger partial charge in [-0.3, -0.25) is 0 Å². The summed E-state index contributed by atoms with van der Waals surface area (Å²) in [5, 5.41) is 3.12. The molecule has 19 heavy (non-hydrogen) atoms. The molecular weight excluding hydrogens is 424 g/mol. The number of rotatable bonds is 4. The molecule has 0 amide bonds. The van der Waals surface area contributed by atoms with Crippen molar-refractivity contribution < 1.29 is 4.39 Å². The van der Waals surface area contributed by atoms with Gasteiger partial charge in [0.2, 0.25) is 0 Å². The maximum absolute atomic E-state index is 12.9. The molecule has 0 heterocycles. The molecule has 1 aliphatic carbocycles. The summed E-state index contributed by atoms with van der Waals surface area (Å²) in [5.74, 6) is 0.945. The standard InChI is InChI=1S/C13H17BrFN3.HI/c14-12-6-11(15)5-4-10(12)8-18-13(16)17-7-9-2-1-3-9;/h4-6,9H,1-3,7-8H2,(H3,16,17,18);1H. The van der Waals surface area contributed by atoms with E-state index >= 15 is 0 Å². The number of halogens is 3. The summed E-state index contributed by atoms with van der Waals surface area (Å²) in [4.78, 5) is 4.25. The fourth-order valence-electron chi connectivity index (χ4n) is 1.82. The lowest BCUT2D eigenvalue weighted by Crippen LogP contribution is -2.37. The molecule has 2 rings (SSSR count). The first-order chi connectivity index (χ1) is 8.65. The summed E-state index contributed by atoms with van der Waals surface area (Å²) in [6.45, 7) is 1.35. The first-order valence-electron chi connectivity index (χ1n) is 6.13. The van der Waals surface area contributed by atoms with E-state index in [0.717, 1.165) is 22.5 Å². The first-order valence-corrected chi connectivity index (χ1v) is 6.92. The molecule has 1 fully saturated rings. The SMILES string of the molecule is I.NC(=NCc1ccc(F)cc1Br)NCC1CCC1. The van der Waals surface area contributed by atoms with Gasteiger partial charge in [-0.25, -0.2) is 9.38 Å². The third kappa shape index (κ3) is 5.25. The Bertz CT molecular complexity index is 450. The number of guanidine groups is 1. The van der Waals surface area contributed by atoms with Gasteiger partial charge in [-0.05, 0) is 36.5 Å². The molecule has 1 aromatic carbocycles. The molecule has 0 atom stereocenters. The average molecular weight is 442 g/mol. The van der Waals surface area contributed by atoms with Crippen LogP contribution in [0.2, 0.25) is 0 Å². The van der Waals surface area contributed by atoms with Crippen molar-refractivity contribution in [2.24, 2.45) is 16.6 Å². The van der Waals surface area contributed by atoms with Gasteiger partial charge in [0, 0.05) is 11.0 Å². The van der Waals surface area contributed by atoms with Gasteiger partial charge in [-0.1, -0.05) is 28.4 Å². The Morgan fingerprint density at radius 3 is 2.79 bits per heavy atom. The molecule has 106 valence electrons. The van der Waals surface area contributed by atoms with E-state index in [1.54, 1.807) is 6.07 Å². The van der Waals surface area contributed by atoms with Gasteiger partial charge in [-0.2, -0.15) is 0 Å². The van der Waals surface area contributed by atoms with E-state index in [1.807, 2.05) is 0 Å². The van der Waals surface area contributed by atoms with Crippen LogP contribution in [-0.2, 0) is 6.54 Å². The zero-order valence-electron chi connectivity index (χ0n) is 10.5. The molecule has 3 nitrogen and oxygen atoms in total. The Morgan fingerprint density at radius 1 is 1.47 bits per heavy atom. The van der Waals surface area contributed by atoms with Crippen LogP contribution in [0.15, 0.2) is 27.7 Å². The van der Waals surface area contributed by atoms with Crippen molar-refractivity contribution >= 4 is 45.9 Å². The molecule has 0 saturated heterocycles. The van der Waals surface area contributed by atoms with Crippen LogP contribution in [0.5, 0.6) is 0 Å². The van der Waals surface area contributed by atoms with E-state index in [4.69, 9.17) is 5.73 Å². The number of hydrogen-bond acceptors (Lipinski definition) is 1. The van der Waals surface area contributed by atoms with Gasteiger partial charge in [-0.15, -0.1) is 24.0 Å². The second kappa shape index (κ2) is 8.04. The van der Waals surface area contributed by atoms with Gasteiger partial charge in [0.05, 0.1) is 6.54 Å². The molecular formula is C13H18BrFIN3. The molecule has 0 aromatic heterocycles. The van der Waals surface area contributed by atoms with Crippen LogP contribution in [0, 0.1) is 11.7 Å². The minimum absolute atomic E-state index is 0. The van der Waals surface area contributed by atoms with E-state index in [2.05, 4.69) is 26.2 Å². The smallest absolute Gasteiger partial charge is 0.188 e. The molecule has 0 bridgehead atoms. The fraction of sp³-hybridized carbons (Fsp3) is 0.462. The predicted octanol–water partition coefficient (Wildman–Crippen LogP) is 3.41. The Kier molecular flexibility index (Phi) is 7.06. The van der Waals surface area contributed by atoms with Crippen LogP contribution in [0.4, 0.5) is 4.39 Å². The number of aliphatic imine (C=N–C) groups is 1. The topological polar surface area (TPSA) is 50.4 Å². The van der Waals surface area contributed by atoms with E-state index in [9.17, 15) is 4.39 Å². The molecule has 1 aliphatic rings. The van der Waals surface area contributed by atoms with E-state index in [0.29, 0.717) is 12.5 Å². The lowest BCUT2D eigenvalue weighted by atomic mass is 9.85. The number of nitrogens with one attached hydrogen (secondary N) is 1. The summed E-state index contributed by atoms with van der Waals surface area (Å²) < 4.78 is 13.6. The van der Waals surface area contributed by atoms with E-state index in [-0.39, 0.29) is 29.8 Å². The Balaban J connectivity index is 0.00000180. The quantitative estimate of drug-likeness (QED) is 0.427. The zero-order valence-corrected chi connectivity index (χ0v) is 14.5. The monoisotopic (exact) mass is 441 g/mol. The Morgan fingerprint density at radius 2 is 2.21 bits per heavy atom. The van der Waals surface area contributed by atoms with Crippen molar-refractivity contribution in [1.29, 1.82) is 0 Å². The van der Waals surface area contributed by atoms with Crippen molar-refractivity contribution in [2.75, 3.05) is 6.54 Å². The lowest BCUT2D eigenvalue weighted by molar-refractivity contribution is 0.315. The molecule has 1 saturated carbocycles. The van der Waals surface area contributed by atoms with Crippen LogP contribution in [0.25, 0.3) is 0 Å². The van der Waals surface area contributed by atoms with Crippen LogP contribution in [-0.4, -0.2) is 12.5 Å². The van der Waals surface area contributed by atoms with Gasteiger partial charge < -0.3 is 11.1 Å². The molecule has 6 heteroatoms. The van der Waals surface area contributed by atoms with Gasteiger partial charge >= 0.3 is 0 Å².